The van der Waals surface area contributed by atoms with Gasteiger partial charge in [0.1, 0.15) is 0 Å². The highest BCUT2D eigenvalue weighted by molar-refractivity contribution is 5.39. The van der Waals surface area contributed by atoms with Gasteiger partial charge in [-0.1, -0.05) is 0 Å². The molecule has 0 aliphatic heterocycles. The van der Waals surface area contributed by atoms with Crippen LogP contribution < -0.4 is 0 Å². The van der Waals surface area contributed by atoms with Crippen LogP contribution in [0.15, 0.2) is 0 Å². The zero-order valence-corrected chi connectivity index (χ0v) is 7.20. The molecule has 5 unspecified atom stereocenters. The van der Waals surface area contributed by atoms with E-state index in [9.17, 15) is 10.2 Å². The molecule has 0 radical (unpaired) electrons. The first kappa shape index (κ1) is 6.39. The molecule has 4 saturated carbocycles. The molecule has 4 rings (SSSR count). The molecule has 0 aromatic rings. The van der Waals surface area contributed by atoms with Crippen molar-refractivity contribution in [2.45, 2.75) is 31.5 Å². The summed E-state index contributed by atoms with van der Waals surface area (Å²) in [6.45, 7) is 1.83. The van der Waals surface area contributed by atoms with Gasteiger partial charge in [0.2, 0.25) is 0 Å². The smallest absolute Gasteiger partial charge is 0.0914 e. The van der Waals surface area contributed by atoms with Gasteiger partial charge < -0.3 is 10.2 Å². The average molecular weight is 166 g/mol. The third kappa shape index (κ3) is 0.317. The topological polar surface area (TPSA) is 40.5 Å². The van der Waals surface area contributed by atoms with E-state index in [1.807, 2.05) is 6.92 Å². The predicted octanol–water partition coefficient (Wildman–Crippen LogP) is 0.384. The van der Waals surface area contributed by atoms with Gasteiger partial charge in [0, 0.05) is 0 Å². The number of hydrogen-bond donors (Lipinski definition) is 2. The van der Waals surface area contributed by atoms with Crippen molar-refractivity contribution in [1.82, 2.24) is 0 Å². The molecule has 2 nitrogen and oxygen atoms in total. The minimum absolute atomic E-state index is 0.425. The van der Waals surface area contributed by atoms with Crippen molar-refractivity contribution in [2.24, 2.45) is 29.1 Å². The lowest BCUT2D eigenvalue weighted by atomic mass is 9.64. The Hall–Kier alpha value is -0.0800. The standard InChI is InChI=1S/C10H14O2/c1-9(12)7-3-5-4-2-6(8(9)11)10(4,5)7/h4-8,11-12H,2-3H2,1H3/t4?,5?,6?,7?,8-,9+,10?/m1/s1. The molecule has 4 aliphatic rings. The van der Waals surface area contributed by atoms with Crippen LogP contribution >= 0.6 is 0 Å². The maximum Gasteiger partial charge on any atom is 0.0914 e. The maximum atomic E-state index is 10.1. The fraction of sp³-hybridized carbons (Fsp3) is 1.00. The van der Waals surface area contributed by atoms with Gasteiger partial charge in [0.15, 0.2) is 0 Å². The van der Waals surface area contributed by atoms with Crippen molar-refractivity contribution >= 4 is 0 Å². The monoisotopic (exact) mass is 166 g/mol. The van der Waals surface area contributed by atoms with Crippen molar-refractivity contribution in [2.75, 3.05) is 0 Å². The Bertz CT molecular complexity index is 274. The van der Waals surface area contributed by atoms with E-state index in [0.717, 1.165) is 11.8 Å². The van der Waals surface area contributed by atoms with E-state index in [4.69, 9.17) is 0 Å². The van der Waals surface area contributed by atoms with Crippen LogP contribution in [-0.4, -0.2) is 21.9 Å². The van der Waals surface area contributed by atoms with E-state index < -0.39 is 11.7 Å². The van der Waals surface area contributed by atoms with Crippen molar-refractivity contribution in [1.29, 1.82) is 0 Å². The molecule has 0 amide bonds. The Labute approximate surface area is 71.6 Å². The summed E-state index contributed by atoms with van der Waals surface area (Å²) in [7, 11) is 0. The van der Waals surface area contributed by atoms with Crippen LogP contribution in [0, 0.1) is 29.1 Å². The van der Waals surface area contributed by atoms with Gasteiger partial charge in [-0.05, 0) is 48.9 Å². The van der Waals surface area contributed by atoms with Crippen LogP contribution in [0.5, 0.6) is 0 Å². The van der Waals surface area contributed by atoms with Crippen LogP contribution in [0.3, 0.4) is 0 Å². The Morgan fingerprint density at radius 2 is 1.83 bits per heavy atom. The second kappa shape index (κ2) is 1.28. The first-order valence-corrected chi connectivity index (χ1v) is 5.01. The lowest BCUT2D eigenvalue weighted by molar-refractivity contribution is -0.0874. The quantitative estimate of drug-likeness (QED) is 0.546. The van der Waals surface area contributed by atoms with Crippen molar-refractivity contribution in [3.8, 4) is 0 Å². The molecule has 0 saturated heterocycles. The summed E-state index contributed by atoms with van der Waals surface area (Å²) in [4.78, 5) is 0. The zero-order chi connectivity index (χ0) is 8.30. The Balaban J connectivity index is 1.88. The van der Waals surface area contributed by atoms with Gasteiger partial charge in [-0.2, -0.15) is 0 Å². The molecular formula is C10H14O2. The predicted molar refractivity (Wildman–Crippen MR) is 42.3 cm³/mol. The molecule has 4 aliphatic carbocycles. The van der Waals surface area contributed by atoms with Gasteiger partial charge in [0.25, 0.3) is 0 Å². The summed E-state index contributed by atoms with van der Waals surface area (Å²) in [5, 5.41) is 20.0. The van der Waals surface area contributed by atoms with Crippen molar-refractivity contribution in [3.63, 3.8) is 0 Å². The molecule has 0 bridgehead atoms. The molecule has 2 heteroatoms. The van der Waals surface area contributed by atoms with Crippen LogP contribution in [-0.2, 0) is 0 Å². The molecule has 0 heterocycles. The summed E-state index contributed by atoms with van der Waals surface area (Å²) >= 11 is 0. The molecule has 0 aromatic carbocycles. The first-order valence-electron chi connectivity index (χ1n) is 5.01. The highest BCUT2D eigenvalue weighted by atomic mass is 16.3. The van der Waals surface area contributed by atoms with Crippen LogP contribution in [0.25, 0.3) is 0 Å². The zero-order valence-electron chi connectivity index (χ0n) is 7.20. The maximum absolute atomic E-state index is 10.1. The summed E-state index contributed by atoms with van der Waals surface area (Å²) in [5.74, 6) is 2.70. The van der Waals surface area contributed by atoms with Gasteiger partial charge in [-0.3, -0.25) is 0 Å². The summed E-state index contributed by atoms with van der Waals surface area (Å²) in [6.07, 6.45) is 1.95. The molecule has 12 heavy (non-hydrogen) atoms. The SMILES string of the molecule is C[C@]1(O)C2CC3C4CC([C@H]1O)C432. The normalized spacial score (nSPS) is 81.8. The van der Waals surface area contributed by atoms with Crippen LogP contribution in [0.4, 0.5) is 0 Å². The summed E-state index contributed by atoms with van der Waals surface area (Å²) in [5.41, 5.74) is -0.296. The van der Waals surface area contributed by atoms with Gasteiger partial charge in [-0.15, -0.1) is 0 Å². The molecule has 1 spiro atoms. The highest BCUT2D eigenvalue weighted by Gasteiger charge is 2.91. The highest BCUT2D eigenvalue weighted by Crippen LogP contribution is 2.92. The van der Waals surface area contributed by atoms with Crippen molar-refractivity contribution in [3.05, 3.63) is 0 Å². The molecule has 0 aromatic heterocycles. The van der Waals surface area contributed by atoms with E-state index in [1.54, 1.807) is 0 Å². The molecule has 7 atom stereocenters. The van der Waals surface area contributed by atoms with Crippen molar-refractivity contribution < 1.29 is 10.2 Å². The lowest BCUT2D eigenvalue weighted by Gasteiger charge is -2.40. The number of aliphatic hydroxyl groups is 2. The van der Waals surface area contributed by atoms with E-state index in [0.29, 0.717) is 17.3 Å². The minimum Gasteiger partial charge on any atom is -0.390 e. The van der Waals surface area contributed by atoms with Crippen LogP contribution in [0.2, 0.25) is 0 Å². The molecule has 2 N–H and O–H groups in total. The minimum atomic E-state index is -0.758. The third-order valence-electron chi connectivity index (χ3n) is 5.59. The fourth-order valence-electron chi connectivity index (χ4n) is 5.03. The Kier molecular flexibility index (Phi) is 0.684. The average Bonchev–Trinajstić information content (AvgIpc) is 2.21. The second-order valence-corrected chi connectivity index (χ2v) is 5.51. The van der Waals surface area contributed by atoms with Gasteiger partial charge in [-0.25, -0.2) is 0 Å². The molecule has 4 fully saturated rings. The van der Waals surface area contributed by atoms with E-state index in [2.05, 4.69) is 0 Å². The Morgan fingerprint density at radius 1 is 1.17 bits per heavy atom. The molecule has 66 valence electrons. The van der Waals surface area contributed by atoms with E-state index in [1.165, 1.54) is 12.8 Å². The summed E-state index contributed by atoms with van der Waals surface area (Å²) in [6, 6.07) is 0. The second-order valence-electron chi connectivity index (χ2n) is 5.51. The third-order valence-corrected chi connectivity index (χ3v) is 5.59. The largest absolute Gasteiger partial charge is 0.390 e. The number of hydrogen-bond acceptors (Lipinski definition) is 2. The number of fused-ring (bicyclic) bond motifs is 1. The van der Waals surface area contributed by atoms with Gasteiger partial charge >= 0.3 is 0 Å². The van der Waals surface area contributed by atoms with Crippen LogP contribution in [0.1, 0.15) is 19.8 Å². The first-order chi connectivity index (χ1) is 5.61. The van der Waals surface area contributed by atoms with E-state index >= 15 is 0 Å². The fourth-order valence-corrected chi connectivity index (χ4v) is 5.03. The molecular weight excluding hydrogens is 152 g/mol. The lowest BCUT2D eigenvalue weighted by Crippen LogP contribution is -2.43. The number of aliphatic hydroxyl groups excluding tert-OH is 1. The number of rotatable bonds is 0. The summed E-state index contributed by atoms with van der Waals surface area (Å²) < 4.78 is 0. The van der Waals surface area contributed by atoms with Gasteiger partial charge in [0.05, 0.1) is 11.7 Å². The Morgan fingerprint density at radius 3 is 2.25 bits per heavy atom. The van der Waals surface area contributed by atoms with E-state index in [-0.39, 0.29) is 0 Å².